The number of hydrogen-bond donors (Lipinski definition) is 2. The van der Waals surface area contributed by atoms with Crippen molar-refractivity contribution >= 4 is 33.4 Å². The maximum absolute atomic E-state index is 11.9. The van der Waals surface area contributed by atoms with E-state index in [4.69, 9.17) is 0 Å². The van der Waals surface area contributed by atoms with Gasteiger partial charge in [-0.2, -0.15) is 0 Å². The van der Waals surface area contributed by atoms with Crippen molar-refractivity contribution in [2.75, 3.05) is 5.32 Å². The lowest BCUT2D eigenvalue weighted by Gasteiger charge is -2.21. The summed E-state index contributed by atoms with van der Waals surface area (Å²) in [6.07, 6.45) is 0. The minimum absolute atomic E-state index is 0.147. The van der Waals surface area contributed by atoms with Crippen LogP contribution in [-0.4, -0.2) is 17.9 Å². The molecule has 0 fully saturated rings. The van der Waals surface area contributed by atoms with Crippen LogP contribution in [0.25, 0.3) is 0 Å². The average Bonchev–Trinajstić information content (AvgIpc) is 2.30. The highest BCUT2D eigenvalue weighted by molar-refractivity contribution is 9.10. The fourth-order valence-electron chi connectivity index (χ4n) is 1.26. The van der Waals surface area contributed by atoms with Gasteiger partial charge in [0.1, 0.15) is 6.04 Å². The smallest absolute Gasteiger partial charge is 0.246 e. The first kappa shape index (κ1) is 15.7. The molecule has 0 aliphatic rings. The standard InChI is InChI=1S/C14H19BrN2O2/c1-9(16-13(19)14(2,3)4)12(18)17-11-7-5-10(15)6-8-11/h5-9H,1-4H3,(H,16,19)(H,17,18). The van der Waals surface area contributed by atoms with E-state index >= 15 is 0 Å². The highest BCUT2D eigenvalue weighted by Gasteiger charge is 2.24. The Hall–Kier alpha value is -1.36. The molecule has 0 saturated carbocycles. The number of benzene rings is 1. The molecule has 1 rings (SSSR count). The van der Waals surface area contributed by atoms with Gasteiger partial charge in [-0.25, -0.2) is 0 Å². The van der Waals surface area contributed by atoms with E-state index in [0.717, 1.165) is 4.47 Å². The van der Waals surface area contributed by atoms with Crippen LogP contribution < -0.4 is 10.6 Å². The molecule has 2 N–H and O–H groups in total. The molecule has 0 heterocycles. The zero-order chi connectivity index (χ0) is 14.6. The summed E-state index contributed by atoms with van der Waals surface area (Å²) in [4.78, 5) is 23.7. The third kappa shape index (κ3) is 5.03. The Bertz CT molecular complexity index is 463. The number of anilines is 1. The van der Waals surface area contributed by atoms with E-state index in [1.165, 1.54) is 0 Å². The summed E-state index contributed by atoms with van der Waals surface area (Å²) >= 11 is 3.33. The first-order chi connectivity index (χ1) is 8.70. The Kier molecular flexibility index (Phi) is 5.11. The van der Waals surface area contributed by atoms with Crippen LogP contribution in [0.5, 0.6) is 0 Å². The lowest BCUT2D eigenvalue weighted by Crippen LogP contribution is -2.46. The highest BCUT2D eigenvalue weighted by Crippen LogP contribution is 2.15. The van der Waals surface area contributed by atoms with Gasteiger partial charge < -0.3 is 10.6 Å². The van der Waals surface area contributed by atoms with Crippen molar-refractivity contribution < 1.29 is 9.59 Å². The molecule has 1 atom stereocenters. The van der Waals surface area contributed by atoms with Crippen molar-refractivity contribution in [1.29, 1.82) is 0 Å². The monoisotopic (exact) mass is 326 g/mol. The number of amides is 2. The summed E-state index contributed by atoms with van der Waals surface area (Å²) in [6.45, 7) is 7.09. The zero-order valence-electron chi connectivity index (χ0n) is 11.6. The van der Waals surface area contributed by atoms with Gasteiger partial charge in [-0.05, 0) is 31.2 Å². The molecule has 0 aliphatic carbocycles. The Balaban J connectivity index is 2.58. The Morgan fingerprint density at radius 2 is 1.68 bits per heavy atom. The van der Waals surface area contributed by atoms with Crippen LogP contribution >= 0.6 is 15.9 Å². The summed E-state index contributed by atoms with van der Waals surface area (Å²) in [5.74, 6) is -0.383. The second-order valence-electron chi connectivity index (χ2n) is 5.44. The predicted molar refractivity (Wildman–Crippen MR) is 79.8 cm³/mol. The maximum Gasteiger partial charge on any atom is 0.246 e. The molecule has 4 nitrogen and oxygen atoms in total. The van der Waals surface area contributed by atoms with Crippen molar-refractivity contribution in [2.45, 2.75) is 33.7 Å². The van der Waals surface area contributed by atoms with Gasteiger partial charge in [0.05, 0.1) is 0 Å². The second-order valence-corrected chi connectivity index (χ2v) is 6.36. The number of rotatable bonds is 3. The van der Waals surface area contributed by atoms with Gasteiger partial charge in [-0.3, -0.25) is 9.59 Å². The first-order valence-electron chi connectivity index (χ1n) is 6.07. The molecule has 1 aromatic carbocycles. The summed E-state index contributed by atoms with van der Waals surface area (Å²) < 4.78 is 0.944. The lowest BCUT2D eigenvalue weighted by atomic mass is 9.95. The molecule has 0 saturated heterocycles. The van der Waals surface area contributed by atoms with E-state index in [1.807, 2.05) is 32.9 Å². The normalized spacial score (nSPS) is 12.7. The Labute approximate surface area is 122 Å². The van der Waals surface area contributed by atoms with E-state index < -0.39 is 11.5 Å². The summed E-state index contributed by atoms with van der Waals surface area (Å²) in [5.41, 5.74) is 0.191. The van der Waals surface area contributed by atoms with Crippen molar-refractivity contribution in [3.8, 4) is 0 Å². The van der Waals surface area contributed by atoms with Gasteiger partial charge in [-0.1, -0.05) is 36.7 Å². The van der Waals surface area contributed by atoms with Crippen molar-refractivity contribution in [3.63, 3.8) is 0 Å². The maximum atomic E-state index is 11.9. The highest BCUT2D eigenvalue weighted by atomic mass is 79.9. The van der Waals surface area contributed by atoms with Crippen LogP contribution in [-0.2, 0) is 9.59 Å². The molecule has 0 aromatic heterocycles. The lowest BCUT2D eigenvalue weighted by molar-refractivity contribution is -0.131. The predicted octanol–water partition coefficient (Wildman–Crippen LogP) is 2.94. The number of hydrogen-bond acceptors (Lipinski definition) is 2. The molecule has 0 bridgehead atoms. The quantitative estimate of drug-likeness (QED) is 0.897. The molecule has 0 spiro atoms. The van der Waals surface area contributed by atoms with Crippen molar-refractivity contribution in [3.05, 3.63) is 28.7 Å². The molecule has 0 aliphatic heterocycles. The minimum Gasteiger partial charge on any atom is -0.344 e. The first-order valence-corrected chi connectivity index (χ1v) is 6.87. The van der Waals surface area contributed by atoms with Gasteiger partial charge in [0.25, 0.3) is 0 Å². The van der Waals surface area contributed by atoms with Crippen LogP contribution in [0.1, 0.15) is 27.7 Å². The second kappa shape index (κ2) is 6.19. The molecular weight excluding hydrogens is 308 g/mol. The molecule has 19 heavy (non-hydrogen) atoms. The molecule has 0 radical (unpaired) electrons. The summed E-state index contributed by atoms with van der Waals surface area (Å²) in [7, 11) is 0. The molecule has 104 valence electrons. The van der Waals surface area contributed by atoms with Gasteiger partial charge in [0.15, 0.2) is 0 Å². The number of carbonyl (C=O) groups excluding carboxylic acids is 2. The van der Waals surface area contributed by atoms with Gasteiger partial charge in [0, 0.05) is 15.6 Å². The van der Waals surface area contributed by atoms with E-state index in [-0.39, 0.29) is 11.8 Å². The topological polar surface area (TPSA) is 58.2 Å². The van der Waals surface area contributed by atoms with E-state index in [0.29, 0.717) is 5.69 Å². The van der Waals surface area contributed by atoms with Gasteiger partial charge in [-0.15, -0.1) is 0 Å². The molecule has 5 heteroatoms. The van der Waals surface area contributed by atoms with Gasteiger partial charge in [0.2, 0.25) is 11.8 Å². The van der Waals surface area contributed by atoms with E-state index in [2.05, 4.69) is 26.6 Å². The molecule has 1 unspecified atom stereocenters. The minimum atomic E-state index is -0.574. The fourth-order valence-corrected chi connectivity index (χ4v) is 1.53. The number of nitrogens with one attached hydrogen (secondary N) is 2. The molecule has 1 aromatic rings. The van der Waals surface area contributed by atoms with E-state index in [1.54, 1.807) is 19.1 Å². The molecular formula is C14H19BrN2O2. The summed E-state index contributed by atoms with van der Waals surface area (Å²) in [6, 6.07) is 6.69. The summed E-state index contributed by atoms with van der Waals surface area (Å²) in [5, 5.41) is 5.44. The van der Waals surface area contributed by atoms with Crippen LogP contribution in [0.15, 0.2) is 28.7 Å². The van der Waals surface area contributed by atoms with Crippen LogP contribution in [0.2, 0.25) is 0 Å². The Morgan fingerprint density at radius 1 is 1.16 bits per heavy atom. The largest absolute Gasteiger partial charge is 0.344 e. The SMILES string of the molecule is CC(NC(=O)C(C)(C)C)C(=O)Nc1ccc(Br)cc1. The van der Waals surface area contributed by atoms with Crippen molar-refractivity contribution in [1.82, 2.24) is 5.32 Å². The molecule has 2 amide bonds. The zero-order valence-corrected chi connectivity index (χ0v) is 13.2. The average molecular weight is 327 g/mol. The van der Waals surface area contributed by atoms with Crippen LogP contribution in [0.4, 0.5) is 5.69 Å². The van der Waals surface area contributed by atoms with E-state index in [9.17, 15) is 9.59 Å². The van der Waals surface area contributed by atoms with Crippen molar-refractivity contribution in [2.24, 2.45) is 5.41 Å². The van der Waals surface area contributed by atoms with Crippen LogP contribution in [0, 0.1) is 5.41 Å². The fraction of sp³-hybridized carbons (Fsp3) is 0.429. The Morgan fingerprint density at radius 3 is 2.16 bits per heavy atom. The van der Waals surface area contributed by atoms with Gasteiger partial charge >= 0.3 is 0 Å². The third-order valence-corrected chi connectivity index (χ3v) is 3.06. The van der Waals surface area contributed by atoms with Crippen LogP contribution in [0.3, 0.4) is 0 Å². The number of halogens is 1. The third-order valence-electron chi connectivity index (χ3n) is 2.53. The number of carbonyl (C=O) groups is 2.